The van der Waals surface area contributed by atoms with Gasteiger partial charge in [0, 0.05) is 12.6 Å². The number of ether oxygens (including phenoxy) is 2. The van der Waals surface area contributed by atoms with E-state index in [1.807, 2.05) is 0 Å². The van der Waals surface area contributed by atoms with Gasteiger partial charge in [-0.15, -0.1) is 11.3 Å². The summed E-state index contributed by atoms with van der Waals surface area (Å²) in [4.78, 5) is 0. The third kappa shape index (κ3) is 2.98. The molecule has 0 bridgehead atoms. The highest BCUT2D eigenvalue weighted by Crippen LogP contribution is 2.36. The molecule has 0 atom stereocenters. The number of hydrogen-bond acceptors (Lipinski definition) is 5. The van der Waals surface area contributed by atoms with E-state index in [0.29, 0.717) is 27.9 Å². The zero-order chi connectivity index (χ0) is 15.5. The molecule has 0 radical (unpaired) electrons. The number of methoxy groups -OCH3 is 2. The van der Waals surface area contributed by atoms with Gasteiger partial charge in [0.15, 0.2) is 0 Å². The van der Waals surface area contributed by atoms with Crippen LogP contribution in [-0.4, -0.2) is 29.2 Å². The summed E-state index contributed by atoms with van der Waals surface area (Å²) in [6.45, 7) is 2.08. The number of nitrogens with zero attached hydrogens (tertiary/aromatic N) is 1. The van der Waals surface area contributed by atoms with Crippen LogP contribution in [0.2, 0.25) is 0 Å². The Morgan fingerprint density at radius 2 is 1.95 bits per heavy atom. The smallest absolute Gasteiger partial charge is 0.273 e. The third-order valence-corrected chi connectivity index (χ3v) is 6.24. The number of anilines is 1. The van der Waals surface area contributed by atoms with Crippen LogP contribution in [-0.2, 0) is 10.0 Å². The van der Waals surface area contributed by atoms with Crippen molar-refractivity contribution in [3.8, 4) is 11.5 Å². The summed E-state index contributed by atoms with van der Waals surface area (Å²) in [6, 6.07) is 8.39. The van der Waals surface area contributed by atoms with E-state index in [9.17, 15) is 8.42 Å². The van der Waals surface area contributed by atoms with Crippen molar-refractivity contribution in [2.45, 2.75) is 11.1 Å². The van der Waals surface area contributed by atoms with Crippen molar-refractivity contribution in [2.24, 2.45) is 0 Å². The highest BCUT2D eigenvalue weighted by molar-refractivity contribution is 7.94. The van der Waals surface area contributed by atoms with Crippen molar-refractivity contribution in [1.82, 2.24) is 0 Å². The maximum atomic E-state index is 12.7. The van der Waals surface area contributed by atoms with Crippen LogP contribution >= 0.6 is 11.3 Å². The van der Waals surface area contributed by atoms with Gasteiger partial charge >= 0.3 is 0 Å². The molecular weight excluding hydrogens is 310 g/mol. The minimum atomic E-state index is -3.60. The molecule has 1 aromatic heterocycles. The number of benzene rings is 1. The molecule has 0 unspecified atom stereocenters. The highest BCUT2D eigenvalue weighted by atomic mass is 32.2. The van der Waals surface area contributed by atoms with Gasteiger partial charge in [-0.3, -0.25) is 4.31 Å². The van der Waals surface area contributed by atoms with Crippen LogP contribution in [0.5, 0.6) is 11.5 Å². The zero-order valence-electron chi connectivity index (χ0n) is 12.1. The highest BCUT2D eigenvalue weighted by Gasteiger charge is 2.27. The molecule has 2 aromatic rings. The molecule has 114 valence electrons. The van der Waals surface area contributed by atoms with E-state index >= 15 is 0 Å². The second kappa shape index (κ2) is 6.36. The molecule has 1 heterocycles. The average Bonchev–Trinajstić information content (AvgIpc) is 3.02. The van der Waals surface area contributed by atoms with E-state index in [1.54, 1.807) is 42.6 Å². The quantitative estimate of drug-likeness (QED) is 0.818. The molecule has 0 saturated carbocycles. The fourth-order valence-electron chi connectivity index (χ4n) is 1.98. The van der Waals surface area contributed by atoms with E-state index in [2.05, 4.69) is 0 Å². The predicted molar refractivity (Wildman–Crippen MR) is 84.1 cm³/mol. The molecule has 0 aliphatic carbocycles. The van der Waals surface area contributed by atoms with E-state index in [1.165, 1.54) is 29.9 Å². The normalized spacial score (nSPS) is 11.2. The van der Waals surface area contributed by atoms with Gasteiger partial charge in [-0.25, -0.2) is 8.42 Å². The molecule has 0 spiro atoms. The van der Waals surface area contributed by atoms with Gasteiger partial charge in [0.25, 0.3) is 10.0 Å². The van der Waals surface area contributed by atoms with Crippen molar-refractivity contribution in [3.63, 3.8) is 0 Å². The summed E-state index contributed by atoms with van der Waals surface area (Å²) < 4.78 is 37.5. The van der Waals surface area contributed by atoms with Gasteiger partial charge in [0.05, 0.1) is 19.9 Å². The second-order valence-corrected chi connectivity index (χ2v) is 7.18. The lowest BCUT2D eigenvalue weighted by Gasteiger charge is -2.24. The first-order valence-corrected chi connectivity index (χ1v) is 8.64. The van der Waals surface area contributed by atoms with E-state index in [4.69, 9.17) is 9.47 Å². The Hall–Kier alpha value is -1.73. The average molecular weight is 327 g/mol. The minimum Gasteiger partial charge on any atom is -0.497 e. The molecule has 5 nitrogen and oxygen atoms in total. The summed E-state index contributed by atoms with van der Waals surface area (Å²) in [6.07, 6.45) is 0. The Morgan fingerprint density at radius 1 is 1.19 bits per heavy atom. The van der Waals surface area contributed by atoms with Gasteiger partial charge < -0.3 is 9.47 Å². The SMILES string of the molecule is CCN(c1cc(OC)ccc1OC)S(=O)(=O)c1cccs1. The molecule has 0 N–H and O–H groups in total. The van der Waals surface area contributed by atoms with Crippen molar-refractivity contribution < 1.29 is 17.9 Å². The van der Waals surface area contributed by atoms with Crippen LogP contribution in [0.4, 0.5) is 5.69 Å². The maximum Gasteiger partial charge on any atom is 0.273 e. The summed E-state index contributed by atoms with van der Waals surface area (Å²) in [5, 5.41) is 1.74. The summed E-state index contributed by atoms with van der Waals surface area (Å²) in [7, 11) is -0.554. The fourth-order valence-corrected chi connectivity index (χ4v) is 4.56. The second-order valence-electron chi connectivity index (χ2n) is 4.14. The molecule has 0 saturated heterocycles. The lowest BCUT2D eigenvalue weighted by atomic mass is 10.2. The van der Waals surface area contributed by atoms with Gasteiger partial charge in [0.1, 0.15) is 15.7 Å². The van der Waals surface area contributed by atoms with Crippen LogP contribution in [0.15, 0.2) is 39.9 Å². The van der Waals surface area contributed by atoms with E-state index < -0.39 is 10.0 Å². The lowest BCUT2D eigenvalue weighted by molar-refractivity contribution is 0.404. The van der Waals surface area contributed by atoms with E-state index in [0.717, 1.165) is 0 Å². The molecule has 7 heteroatoms. The lowest BCUT2D eigenvalue weighted by Crippen LogP contribution is -2.30. The van der Waals surface area contributed by atoms with Crippen LogP contribution in [0.25, 0.3) is 0 Å². The minimum absolute atomic E-state index is 0.295. The van der Waals surface area contributed by atoms with Crippen molar-refractivity contribution in [2.75, 3.05) is 25.1 Å². The first-order valence-electron chi connectivity index (χ1n) is 6.32. The topological polar surface area (TPSA) is 55.8 Å². The van der Waals surface area contributed by atoms with Crippen molar-refractivity contribution in [3.05, 3.63) is 35.7 Å². The summed E-state index contributed by atoms with van der Waals surface area (Å²) in [5.74, 6) is 1.06. The third-order valence-electron chi connectivity index (χ3n) is 2.98. The molecule has 1 aromatic carbocycles. The standard InChI is InChI=1S/C14H17NO4S2/c1-4-15(21(16,17)14-6-5-9-20-14)12-10-11(18-2)7-8-13(12)19-3/h5-10H,4H2,1-3H3. The monoisotopic (exact) mass is 327 g/mol. The maximum absolute atomic E-state index is 12.7. The number of sulfonamides is 1. The predicted octanol–water partition coefficient (Wildman–Crippen LogP) is 2.98. The molecule has 2 rings (SSSR count). The van der Waals surface area contributed by atoms with Crippen LogP contribution in [0.3, 0.4) is 0 Å². The summed E-state index contributed by atoms with van der Waals surface area (Å²) in [5.41, 5.74) is 0.466. The van der Waals surface area contributed by atoms with Gasteiger partial charge in [-0.2, -0.15) is 0 Å². The number of rotatable bonds is 6. The van der Waals surface area contributed by atoms with Crippen LogP contribution in [0, 0.1) is 0 Å². The van der Waals surface area contributed by atoms with E-state index in [-0.39, 0.29) is 0 Å². The Labute approximate surface area is 128 Å². The molecule has 0 amide bonds. The fraction of sp³-hybridized carbons (Fsp3) is 0.286. The molecular formula is C14H17NO4S2. The van der Waals surface area contributed by atoms with Gasteiger partial charge in [0.2, 0.25) is 0 Å². The van der Waals surface area contributed by atoms with Gasteiger partial charge in [-0.05, 0) is 30.5 Å². The summed E-state index contributed by atoms with van der Waals surface area (Å²) >= 11 is 1.19. The first kappa shape index (κ1) is 15.7. The zero-order valence-corrected chi connectivity index (χ0v) is 13.7. The number of thiophene rings is 1. The Morgan fingerprint density at radius 3 is 2.48 bits per heavy atom. The largest absolute Gasteiger partial charge is 0.497 e. The van der Waals surface area contributed by atoms with Crippen molar-refractivity contribution >= 4 is 27.0 Å². The molecule has 0 aliphatic heterocycles. The van der Waals surface area contributed by atoms with Gasteiger partial charge in [-0.1, -0.05) is 6.07 Å². The Bertz CT molecular complexity index is 696. The Kier molecular flexibility index (Phi) is 4.74. The molecule has 21 heavy (non-hydrogen) atoms. The number of hydrogen-bond donors (Lipinski definition) is 0. The first-order chi connectivity index (χ1) is 10.0. The molecule has 0 aliphatic rings. The van der Waals surface area contributed by atoms with Crippen LogP contribution < -0.4 is 13.8 Å². The van der Waals surface area contributed by atoms with Crippen molar-refractivity contribution in [1.29, 1.82) is 0 Å². The Balaban J connectivity index is 2.56. The molecule has 0 fully saturated rings. The van der Waals surface area contributed by atoms with Crippen LogP contribution in [0.1, 0.15) is 6.92 Å².